The maximum atomic E-state index is 12.5. The Hall–Kier alpha value is -2.92. The molecule has 0 aliphatic heterocycles. The Morgan fingerprint density at radius 3 is 2.35 bits per heavy atom. The van der Waals surface area contributed by atoms with E-state index in [9.17, 15) is 23.1 Å². The highest BCUT2D eigenvalue weighted by atomic mass is 32.1. The fourth-order valence-electron chi connectivity index (χ4n) is 3.67. The first kappa shape index (κ1) is 27.3. The Morgan fingerprint density at radius 1 is 1.18 bits per heavy atom. The Kier molecular flexibility index (Phi) is 8.84. The van der Waals surface area contributed by atoms with E-state index in [4.69, 9.17) is 21.2 Å². The van der Waals surface area contributed by atoms with Gasteiger partial charge < -0.3 is 26.7 Å². The van der Waals surface area contributed by atoms with E-state index in [0.717, 1.165) is 34.1 Å². The second kappa shape index (κ2) is 11.0. The molecule has 1 amide bonds. The number of nitrogens with zero attached hydrogens (tertiary/aromatic N) is 1. The predicted octanol–water partition coefficient (Wildman–Crippen LogP) is 4.57. The molecule has 34 heavy (non-hydrogen) atoms. The van der Waals surface area contributed by atoms with Crippen LogP contribution in [0.2, 0.25) is 0 Å². The fourth-order valence-corrected chi connectivity index (χ4v) is 4.83. The van der Waals surface area contributed by atoms with Gasteiger partial charge in [0.1, 0.15) is 12.5 Å². The molecule has 1 aromatic carbocycles. The quantitative estimate of drug-likeness (QED) is 0.353. The summed E-state index contributed by atoms with van der Waals surface area (Å²) in [6.07, 6.45) is 2.40. The summed E-state index contributed by atoms with van der Waals surface area (Å²) in [6, 6.07) is 3.45. The van der Waals surface area contributed by atoms with Crippen LogP contribution in [0.1, 0.15) is 62.4 Å². The van der Waals surface area contributed by atoms with Gasteiger partial charge in [0.05, 0.1) is 26.5 Å². The molecule has 0 saturated heterocycles. The molecule has 186 valence electrons. The van der Waals surface area contributed by atoms with Crippen molar-refractivity contribution < 1.29 is 27.9 Å². The van der Waals surface area contributed by atoms with Crippen LogP contribution in [0, 0.1) is 0 Å². The second-order valence-corrected chi connectivity index (χ2v) is 9.57. The summed E-state index contributed by atoms with van der Waals surface area (Å²) in [4.78, 5) is 25.3. The molecule has 3 rings (SSSR count). The van der Waals surface area contributed by atoms with Crippen LogP contribution in [-0.4, -0.2) is 29.0 Å². The van der Waals surface area contributed by atoms with Crippen molar-refractivity contribution in [3.63, 3.8) is 0 Å². The molecule has 1 aliphatic rings. The number of alkyl halides is 3. The Labute approximate surface area is 199 Å². The van der Waals surface area contributed by atoms with E-state index < -0.39 is 29.1 Å². The van der Waals surface area contributed by atoms with Crippen LogP contribution in [0.3, 0.4) is 0 Å². The van der Waals surface area contributed by atoms with Crippen molar-refractivity contribution in [2.45, 2.75) is 63.6 Å². The summed E-state index contributed by atoms with van der Waals surface area (Å²) in [5.74, 6) is -0.396. The zero-order valence-corrected chi connectivity index (χ0v) is 19.9. The lowest BCUT2D eigenvalue weighted by Crippen LogP contribution is -2.24. The summed E-state index contributed by atoms with van der Waals surface area (Å²) in [7, 11) is 0. The predicted molar refractivity (Wildman–Crippen MR) is 127 cm³/mol. The monoisotopic (exact) mass is 498 g/mol. The van der Waals surface area contributed by atoms with E-state index in [1.807, 2.05) is 6.79 Å². The number of anilines is 1. The number of hydrogen-bond donors (Lipinski definition) is 4. The van der Waals surface area contributed by atoms with Crippen molar-refractivity contribution in [3.8, 4) is 0 Å². The smallest absolute Gasteiger partial charge is 0.395 e. The molecule has 1 fully saturated rings. The third kappa shape index (κ3) is 6.80. The van der Waals surface area contributed by atoms with Crippen LogP contribution in [0.25, 0.3) is 10.2 Å². The fraction of sp³-hybridized carbons (Fsp3) is 0.435. The summed E-state index contributed by atoms with van der Waals surface area (Å²) in [5.41, 5.74) is 8.92. The molecule has 0 bridgehead atoms. The standard InChI is InChI=1S/C22H27F3N4O2S.CH2O/c1-21(2,31)13-10-16-17(32-20(29-16)12-6-4-3-5-7-12)11-15(13)28-19(30)14(26)8-9-18(27)22(23,24)25;1-2/h8-12,31H,3-7,26-27H2,1-2H3,(H,28,30);1H2/b14-8-,18-9-;. The third-order valence-electron chi connectivity index (χ3n) is 5.44. The number of nitrogens with one attached hydrogen (secondary N) is 1. The van der Waals surface area contributed by atoms with Crippen LogP contribution in [0.5, 0.6) is 0 Å². The molecule has 1 aromatic heterocycles. The van der Waals surface area contributed by atoms with Gasteiger partial charge in [-0.1, -0.05) is 19.3 Å². The van der Waals surface area contributed by atoms with Crippen LogP contribution in [-0.2, 0) is 15.2 Å². The third-order valence-corrected chi connectivity index (χ3v) is 6.62. The number of benzene rings is 1. The Morgan fingerprint density at radius 2 is 1.79 bits per heavy atom. The molecule has 0 radical (unpaired) electrons. The van der Waals surface area contributed by atoms with Crippen LogP contribution < -0.4 is 16.8 Å². The van der Waals surface area contributed by atoms with Crippen molar-refractivity contribution in [3.05, 3.63) is 46.2 Å². The van der Waals surface area contributed by atoms with E-state index in [1.54, 1.807) is 37.3 Å². The maximum Gasteiger partial charge on any atom is 0.430 e. The molecule has 1 saturated carbocycles. The molecule has 0 unspecified atom stereocenters. The maximum absolute atomic E-state index is 12.5. The highest BCUT2D eigenvalue weighted by Gasteiger charge is 2.31. The molecular formula is C23H29F3N4O3S. The van der Waals surface area contributed by atoms with Crippen LogP contribution in [0.15, 0.2) is 35.7 Å². The van der Waals surface area contributed by atoms with Crippen LogP contribution >= 0.6 is 11.3 Å². The van der Waals surface area contributed by atoms with E-state index in [0.29, 0.717) is 23.2 Å². The van der Waals surface area contributed by atoms with Crippen molar-refractivity contribution >= 4 is 39.9 Å². The Bertz CT molecular complexity index is 1080. The number of nitrogens with two attached hydrogens (primary N) is 2. The van der Waals surface area contributed by atoms with Gasteiger partial charge >= 0.3 is 6.18 Å². The van der Waals surface area contributed by atoms with E-state index in [2.05, 4.69) is 5.32 Å². The molecule has 1 aliphatic carbocycles. The molecule has 0 spiro atoms. The average Bonchev–Trinajstić information content (AvgIpc) is 3.20. The van der Waals surface area contributed by atoms with Gasteiger partial charge in [-0.2, -0.15) is 13.2 Å². The largest absolute Gasteiger partial charge is 0.430 e. The van der Waals surface area contributed by atoms with E-state index >= 15 is 0 Å². The Balaban J connectivity index is 0.00000199. The number of carbonyl (C=O) groups excluding carboxylic acids is 2. The van der Waals surface area contributed by atoms with E-state index in [-0.39, 0.29) is 0 Å². The summed E-state index contributed by atoms with van der Waals surface area (Å²) in [6.45, 7) is 5.15. The lowest BCUT2D eigenvalue weighted by molar-refractivity contribution is -0.113. The number of allylic oxidation sites excluding steroid dienone is 3. The molecule has 0 atom stereocenters. The van der Waals surface area contributed by atoms with Crippen molar-refractivity contribution in [2.75, 3.05) is 5.32 Å². The van der Waals surface area contributed by atoms with E-state index in [1.165, 1.54) is 19.3 Å². The zero-order chi connectivity index (χ0) is 25.7. The lowest BCUT2D eigenvalue weighted by atomic mass is 9.90. The molecule has 7 nitrogen and oxygen atoms in total. The van der Waals surface area contributed by atoms with Gasteiger partial charge in [0.25, 0.3) is 5.91 Å². The second-order valence-electron chi connectivity index (χ2n) is 8.51. The van der Waals surface area contributed by atoms with Gasteiger partial charge in [-0.05, 0) is 51.0 Å². The summed E-state index contributed by atoms with van der Waals surface area (Å²) in [5, 5.41) is 14.3. The number of amides is 1. The number of rotatable bonds is 5. The SMILES string of the molecule is C=O.CC(C)(O)c1cc2nc(C3CCCCC3)sc2cc1NC(=O)/C(N)=C/C=C(\N)C(F)(F)F. The van der Waals surface area contributed by atoms with Gasteiger partial charge in [0, 0.05) is 17.2 Å². The van der Waals surface area contributed by atoms with Gasteiger partial charge in [-0.15, -0.1) is 11.3 Å². The first-order valence-corrected chi connectivity index (χ1v) is 11.5. The van der Waals surface area contributed by atoms with Gasteiger partial charge in [0.2, 0.25) is 0 Å². The number of fused-ring (bicyclic) bond motifs is 1. The summed E-state index contributed by atoms with van der Waals surface area (Å²) >= 11 is 1.55. The minimum atomic E-state index is -4.71. The molecular weight excluding hydrogens is 469 g/mol. The average molecular weight is 499 g/mol. The van der Waals surface area contributed by atoms with Gasteiger partial charge in [-0.3, -0.25) is 4.79 Å². The van der Waals surface area contributed by atoms with Crippen molar-refractivity contribution in [2.24, 2.45) is 11.5 Å². The number of aromatic nitrogens is 1. The number of aliphatic hydroxyl groups is 1. The highest BCUT2D eigenvalue weighted by Crippen LogP contribution is 2.39. The first-order chi connectivity index (χ1) is 15.9. The lowest BCUT2D eigenvalue weighted by Gasteiger charge is -2.22. The zero-order valence-electron chi connectivity index (χ0n) is 19.0. The molecule has 1 heterocycles. The number of halogens is 3. The number of carbonyl (C=O) groups is 2. The normalized spacial score (nSPS) is 16.2. The first-order valence-electron chi connectivity index (χ1n) is 10.6. The number of hydrogen-bond acceptors (Lipinski definition) is 7. The van der Waals surface area contributed by atoms with Gasteiger partial charge in [-0.25, -0.2) is 4.98 Å². The topological polar surface area (TPSA) is 131 Å². The minimum Gasteiger partial charge on any atom is -0.395 e. The van der Waals surface area contributed by atoms with Gasteiger partial charge in [0.15, 0.2) is 0 Å². The van der Waals surface area contributed by atoms with Crippen molar-refractivity contribution in [1.82, 2.24) is 4.98 Å². The molecule has 2 aromatic rings. The van der Waals surface area contributed by atoms with Crippen molar-refractivity contribution in [1.29, 1.82) is 0 Å². The highest BCUT2D eigenvalue weighted by molar-refractivity contribution is 7.18. The minimum absolute atomic E-state index is 0.318. The molecule has 6 N–H and O–H groups in total. The van der Waals surface area contributed by atoms with Crippen LogP contribution in [0.4, 0.5) is 18.9 Å². The number of thiazole rings is 1. The summed E-state index contributed by atoms with van der Waals surface area (Å²) < 4.78 is 38.4. The molecule has 11 heteroatoms.